The summed E-state index contributed by atoms with van der Waals surface area (Å²) in [6.07, 6.45) is 13.7. The molecule has 89 heavy (non-hydrogen) atoms. The zero-order chi connectivity index (χ0) is 64.4. The van der Waals surface area contributed by atoms with Crippen molar-refractivity contribution in [3.63, 3.8) is 0 Å². The smallest absolute Gasteiger partial charge is 0.426 e. The van der Waals surface area contributed by atoms with Gasteiger partial charge >= 0.3 is 18.5 Å². The number of rotatable bonds is 37. The molecule has 0 N–H and O–H groups in total. The molecule has 10 unspecified atom stereocenters. The van der Waals surface area contributed by atoms with E-state index in [1.54, 1.807) is 0 Å². The minimum Gasteiger partial charge on any atom is -0.493 e. The molecule has 6 nitrogen and oxygen atoms in total. The molecule has 4 saturated carbocycles. The molecule has 0 spiro atoms. The summed E-state index contributed by atoms with van der Waals surface area (Å²) in [5.74, 6) is 9.57. The van der Waals surface area contributed by atoms with Gasteiger partial charge in [-0.25, -0.2) is 0 Å². The van der Waals surface area contributed by atoms with Gasteiger partial charge in [0.05, 0.1) is 32.0 Å². The Labute approximate surface area is 544 Å². The largest absolute Gasteiger partial charge is 0.493 e. The van der Waals surface area contributed by atoms with E-state index < -0.39 is 36.3 Å². The molecular weight excluding hydrogens is 1240 g/mol. The van der Waals surface area contributed by atoms with E-state index in [1.807, 2.05) is 57.0 Å². The maximum absolute atomic E-state index is 13.2. The monoisotopic (exact) mass is 1340 g/mol. The summed E-state index contributed by atoms with van der Waals surface area (Å²) in [5, 5.41) is 0. The predicted molar refractivity (Wildman–Crippen MR) is 351 cm³/mol. The van der Waals surface area contributed by atoms with Gasteiger partial charge in [-0.1, -0.05) is 147 Å². The van der Waals surface area contributed by atoms with Gasteiger partial charge in [0.15, 0.2) is 5.60 Å². The molecule has 6 aliphatic carbocycles. The third-order valence-corrected chi connectivity index (χ3v) is 26.2. The van der Waals surface area contributed by atoms with E-state index in [-0.39, 0.29) is 49.6 Å². The minimum atomic E-state index is -5.56. The Hall–Kier alpha value is -1.35. The second-order valence-corrected chi connectivity index (χ2v) is 32.6. The van der Waals surface area contributed by atoms with E-state index in [4.69, 9.17) is 23.7 Å². The molecule has 19 heteroatoms. The molecule has 0 heterocycles. The van der Waals surface area contributed by atoms with Crippen molar-refractivity contribution in [1.82, 2.24) is 0 Å². The first-order chi connectivity index (χ1) is 42.5. The SMILES string of the molecule is CC.CC12CCC3c4ccc(OCCSSCCCCCCCCCCCCCCSSCCOc5ccc6c(c5)CCC5C6CCC6(C)C(OCCCOC(C)(C(F)(F)F)C(F)(F)F)CCC56)cc4CCC3C1CCC2OCCCOC(C)(C)C(F)(F)F. The van der Waals surface area contributed by atoms with Crippen LogP contribution in [0.5, 0.6) is 11.5 Å². The molecule has 0 radical (unpaired) electrons. The molecule has 4 fully saturated rings. The maximum atomic E-state index is 13.2. The molecule has 2 aromatic carbocycles. The molecule has 10 atom stereocenters. The van der Waals surface area contributed by atoms with Gasteiger partial charge in [-0.15, -0.1) is 0 Å². The summed E-state index contributed by atoms with van der Waals surface area (Å²) >= 11 is 0. The summed E-state index contributed by atoms with van der Waals surface area (Å²) in [7, 11) is 7.77. The van der Waals surface area contributed by atoms with E-state index in [1.165, 1.54) is 117 Å². The number of unbranched alkanes of at least 4 members (excludes halogenated alkanes) is 11. The van der Waals surface area contributed by atoms with Crippen molar-refractivity contribution in [2.75, 3.05) is 62.7 Å². The third kappa shape index (κ3) is 19.9. The number of aryl methyl sites for hydroxylation is 2. The quantitative estimate of drug-likeness (QED) is 0.0371. The van der Waals surface area contributed by atoms with Gasteiger partial charge in [-0.3, -0.25) is 0 Å². The van der Waals surface area contributed by atoms with Crippen LogP contribution in [0, 0.1) is 34.5 Å². The summed E-state index contributed by atoms with van der Waals surface area (Å²) in [5.41, 5.74) is -0.504. The highest BCUT2D eigenvalue weighted by Gasteiger charge is 2.69. The zero-order valence-electron chi connectivity index (χ0n) is 54.5. The Morgan fingerprint density at radius 1 is 0.427 bits per heavy atom. The lowest BCUT2D eigenvalue weighted by atomic mass is 9.55. The number of alkyl halides is 9. The van der Waals surface area contributed by atoms with Crippen molar-refractivity contribution >= 4 is 43.2 Å². The van der Waals surface area contributed by atoms with E-state index in [9.17, 15) is 39.5 Å². The Morgan fingerprint density at radius 3 is 1.20 bits per heavy atom. The van der Waals surface area contributed by atoms with Crippen LogP contribution in [0.2, 0.25) is 0 Å². The molecule has 2 aromatic rings. The zero-order valence-corrected chi connectivity index (χ0v) is 57.8. The van der Waals surface area contributed by atoms with E-state index in [0.717, 1.165) is 114 Å². The topological polar surface area (TPSA) is 55.4 Å². The Kier molecular flexibility index (Phi) is 29.6. The Morgan fingerprint density at radius 2 is 0.809 bits per heavy atom. The number of benzene rings is 2. The van der Waals surface area contributed by atoms with Gasteiger partial charge in [0.2, 0.25) is 0 Å². The van der Waals surface area contributed by atoms with Crippen molar-refractivity contribution in [2.45, 2.75) is 269 Å². The summed E-state index contributed by atoms with van der Waals surface area (Å²) in [4.78, 5) is 0. The van der Waals surface area contributed by atoms with Crippen molar-refractivity contribution in [3.05, 3.63) is 58.7 Å². The number of halogens is 9. The Bertz CT molecular complexity index is 2380. The van der Waals surface area contributed by atoms with Crippen molar-refractivity contribution in [3.8, 4) is 11.5 Å². The Balaban J connectivity index is 0.00000558. The molecule has 0 aromatic heterocycles. The maximum Gasteiger partial charge on any atom is 0.426 e. The van der Waals surface area contributed by atoms with Gasteiger partial charge in [0.1, 0.15) is 11.5 Å². The van der Waals surface area contributed by atoms with Crippen LogP contribution in [0.3, 0.4) is 0 Å². The minimum absolute atomic E-state index is 0.0396. The molecule has 0 amide bonds. The summed E-state index contributed by atoms with van der Waals surface area (Å²) in [6, 6.07) is 13.5. The average molecular weight is 1340 g/mol. The molecule has 0 bridgehead atoms. The lowest BCUT2D eigenvalue weighted by Crippen LogP contribution is -2.56. The second-order valence-electron chi connectivity index (χ2n) is 27.2. The van der Waals surface area contributed by atoms with Gasteiger partial charge < -0.3 is 28.4 Å². The van der Waals surface area contributed by atoms with Crippen molar-refractivity contribution in [2.24, 2.45) is 34.5 Å². The second kappa shape index (κ2) is 35.1. The number of fused-ring (bicyclic) bond motifs is 10. The van der Waals surface area contributed by atoms with Crippen LogP contribution in [0.15, 0.2) is 36.4 Å². The van der Waals surface area contributed by atoms with Crippen LogP contribution in [0.4, 0.5) is 39.5 Å². The van der Waals surface area contributed by atoms with E-state index >= 15 is 0 Å². The van der Waals surface area contributed by atoms with Crippen molar-refractivity contribution < 1.29 is 67.9 Å². The highest BCUT2D eigenvalue weighted by molar-refractivity contribution is 8.77. The van der Waals surface area contributed by atoms with E-state index in [2.05, 4.69) is 55.0 Å². The third-order valence-electron chi connectivity index (χ3n) is 21.3. The van der Waals surface area contributed by atoms with Crippen LogP contribution >= 0.6 is 43.2 Å². The fraction of sp³-hybridized carbons (Fsp3) is 0.829. The van der Waals surface area contributed by atoms with Gasteiger partial charge in [0, 0.05) is 42.8 Å². The lowest BCUT2D eigenvalue weighted by molar-refractivity contribution is -0.374. The van der Waals surface area contributed by atoms with Crippen molar-refractivity contribution in [1.29, 1.82) is 0 Å². The fourth-order valence-corrected chi connectivity index (χ4v) is 20.0. The van der Waals surface area contributed by atoms with Gasteiger partial charge in [0.25, 0.3) is 5.60 Å². The molecule has 0 saturated heterocycles. The number of hydrogen-bond acceptors (Lipinski definition) is 10. The number of ether oxygens (including phenoxy) is 6. The average Bonchev–Trinajstić information content (AvgIpc) is 2.00. The molecular formula is C70H107F9O6S4. The first-order valence-corrected chi connectivity index (χ1v) is 39.2. The van der Waals surface area contributed by atoms with Crippen LogP contribution < -0.4 is 9.47 Å². The lowest BCUT2D eigenvalue weighted by Gasteiger charge is -2.50. The molecule has 510 valence electrons. The van der Waals surface area contributed by atoms with Crippen LogP contribution in [0.1, 0.15) is 237 Å². The first kappa shape index (κ1) is 75.0. The first-order valence-electron chi connectivity index (χ1n) is 34.2. The molecule has 6 aliphatic rings. The van der Waals surface area contributed by atoms with Crippen LogP contribution in [0.25, 0.3) is 0 Å². The highest BCUT2D eigenvalue weighted by atomic mass is 33.1. The van der Waals surface area contributed by atoms with Gasteiger partial charge in [-0.05, 0) is 216 Å². The summed E-state index contributed by atoms with van der Waals surface area (Å²) in [6.45, 7) is 12.2. The van der Waals surface area contributed by atoms with Gasteiger partial charge in [-0.2, -0.15) is 39.5 Å². The highest BCUT2D eigenvalue weighted by Crippen LogP contribution is 2.63. The number of hydrogen-bond donors (Lipinski definition) is 0. The molecule has 0 aliphatic heterocycles. The van der Waals surface area contributed by atoms with Crippen LogP contribution in [-0.4, -0.2) is 105 Å². The fourth-order valence-electron chi connectivity index (χ4n) is 16.0. The normalized spacial score (nSPS) is 26.7. The predicted octanol–water partition coefficient (Wildman–Crippen LogP) is 22.1. The summed E-state index contributed by atoms with van der Waals surface area (Å²) < 4.78 is 154. The van der Waals surface area contributed by atoms with E-state index in [0.29, 0.717) is 55.1 Å². The molecule has 8 rings (SSSR count). The standard InChI is InChI=1S/C68H101F9O6S4.C2H6/c1-62(2,66(69,70)71)82-38-18-36-80-60-30-28-58-56-24-20-48-46-50(22-26-52(48)54(56)32-34-63(58,60)3)78-40-44-86-84-42-16-14-12-10-8-6-7-9-11-13-15-17-43-85-87-45-41-79-51-23-27-53-49(47-51)21-25-57-55(53)33-35-64(4)59(57)29-31-61(64)81-37-19-39-83-65(5,67(72,73)74)68(75,76)77;1-2/h22-23,26-27,46-47,54-61H,6-21,24-25,28-45H2,1-5H3;1-2H3. The van der Waals surface area contributed by atoms with Crippen LogP contribution in [-0.2, 0) is 31.8 Å².